The number of nitrogens with one attached hydrogen (secondary N) is 2. The fourth-order valence-electron chi connectivity index (χ4n) is 0.581. The van der Waals surface area contributed by atoms with E-state index < -0.39 is 0 Å². The summed E-state index contributed by atoms with van der Waals surface area (Å²) in [6.45, 7) is 3.86. The zero-order valence-corrected chi connectivity index (χ0v) is 6.25. The molecule has 1 saturated heterocycles. The molecule has 0 spiro atoms. The molecule has 1 fully saturated rings. The van der Waals surface area contributed by atoms with Gasteiger partial charge in [-0.2, -0.15) is 0 Å². The van der Waals surface area contributed by atoms with Crippen molar-refractivity contribution in [3.05, 3.63) is 0 Å². The SMILES string of the molecule is CC1(C)NNC(=S)N1N. The summed E-state index contributed by atoms with van der Waals surface area (Å²) in [7, 11) is 0. The van der Waals surface area contributed by atoms with Crippen LogP contribution in [-0.4, -0.2) is 15.8 Å². The van der Waals surface area contributed by atoms with Gasteiger partial charge >= 0.3 is 0 Å². The fraction of sp³-hybridized carbons (Fsp3) is 0.750. The molecule has 0 saturated carbocycles. The Morgan fingerprint density at radius 3 is 2.33 bits per heavy atom. The van der Waals surface area contributed by atoms with Gasteiger partial charge in [-0.05, 0) is 26.1 Å². The van der Waals surface area contributed by atoms with Crippen LogP contribution in [0.1, 0.15) is 13.8 Å². The van der Waals surface area contributed by atoms with Crippen molar-refractivity contribution in [1.29, 1.82) is 0 Å². The lowest BCUT2D eigenvalue weighted by Gasteiger charge is -2.24. The summed E-state index contributed by atoms with van der Waals surface area (Å²) < 4.78 is 0. The number of nitrogens with two attached hydrogens (primary N) is 1. The molecule has 0 aromatic heterocycles. The topological polar surface area (TPSA) is 53.3 Å². The Labute approximate surface area is 59.3 Å². The van der Waals surface area contributed by atoms with E-state index in [0.717, 1.165) is 0 Å². The first-order chi connectivity index (χ1) is 4.04. The standard InChI is InChI=1S/C4H10N4S/c1-4(2)7-6-3(9)8(4)5/h7H,5H2,1-2H3,(H,6,9). The van der Waals surface area contributed by atoms with Crippen molar-refractivity contribution in [2.24, 2.45) is 5.84 Å². The highest BCUT2D eigenvalue weighted by Gasteiger charge is 2.32. The zero-order valence-electron chi connectivity index (χ0n) is 5.43. The predicted octanol–water partition coefficient (Wildman–Crippen LogP) is -0.709. The molecule has 1 heterocycles. The first kappa shape index (κ1) is 6.73. The van der Waals surface area contributed by atoms with Crippen molar-refractivity contribution in [2.75, 3.05) is 0 Å². The summed E-state index contributed by atoms with van der Waals surface area (Å²) >= 11 is 4.82. The average Bonchev–Trinajstić information content (AvgIpc) is 1.97. The van der Waals surface area contributed by atoms with E-state index in [0.29, 0.717) is 5.11 Å². The van der Waals surface area contributed by atoms with Gasteiger partial charge in [-0.1, -0.05) is 0 Å². The van der Waals surface area contributed by atoms with Gasteiger partial charge in [0.25, 0.3) is 0 Å². The minimum atomic E-state index is -0.267. The van der Waals surface area contributed by atoms with Crippen LogP contribution in [0.3, 0.4) is 0 Å². The second-order valence-electron chi connectivity index (χ2n) is 2.48. The summed E-state index contributed by atoms with van der Waals surface area (Å²) in [4.78, 5) is 0. The third kappa shape index (κ3) is 0.983. The lowest BCUT2D eigenvalue weighted by molar-refractivity contribution is 0.210. The Kier molecular flexibility index (Phi) is 1.34. The summed E-state index contributed by atoms with van der Waals surface area (Å²) in [5, 5.41) is 2.00. The molecular formula is C4H10N4S. The van der Waals surface area contributed by atoms with Crippen LogP contribution in [0.25, 0.3) is 0 Å². The molecule has 0 aromatic carbocycles. The number of hydrogen-bond acceptors (Lipinski definition) is 3. The highest BCUT2D eigenvalue weighted by molar-refractivity contribution is 7.80. The van der Waals surface area contributed by atoms with Crippen LogP contribution in [0.15, 0.2) is 0 Å². The molecule has 52 valence electrons. The molecule has 0 atom stereocenters. The molecule has 0 aliphatic carbocycles. The largest absolute Gasteiger partial charge is 0.295 e. The average molecular weight is 146 g/mol. The maximum atomic E-state index is 5.52. The highest BCUT2D eigenvalue weighted by Crippen LogP contribution is 2.08. The third-order valence-electron chi connectivity index (χ3n) is 1.30. The molecule has 0 amide bonds. The van der Waals surface area contributed by atoms with E-state index in [1.165, 1.54) is 5.01 Å². The van der Waals surface area contributed by atoms with E-state index in [1.807, 2.05) is 13.8 Å². The monoisotopic (exact) mass is 146 g/mol. The molecule has 0 bridgehead atoms. The zero-order chi connectivity index (χ0) is 7.07. The van der Waals surface area contributed by atoms with Gasteiger partial charge in [0, 0.05) is 0 Å². The normalized spacial score (nSPS) is 24.3. The summed E-state index contributed by atoms with van der Waals surface area (Å²) in [5.74, 6) is 5.52. The van der Waals surface area contributed by atoms with Crippen molar-refractivity contribution in [1.82, 2.24) is 15.9 Å². The van der Waals surface area contributed by atoms with Crippen LogP contribution < -0.4 is 16.7 Å². The van der Waals surface area contributed by atoms with Gasteiger partial charge in [0.15, 0.2) is 5.11 Å². The first-order valence-electron chi connectivity index (χ1n) is 2.66. The minimum absolute atomic E-state index is 0.267. The van der Waals surface area contributed by atoms with Crippen molar-refractivity contribution in [3.63, 3.8) is 0 Å². The number of thiocarbonyl (C=S) groups is 1. The molecule has 5 heteroatoms. The van der Waals surface area contributed by atoms with E-state index in [4.69, 9.17) is 18.1 Å². The van der Waals surface area contributed by atoms with Crippen molar-refractivity contribution >= 4 is 17.3 Å². The van der Waals surface area contributed by atoms with Crippen LogP contribution in [-0.2, 0) is 0 Å². The van der Waals surface area contributed by atoms with Gasteiger partial charge < -0.3 is 0 Å². The van der Waals surface area contributed by atoms with Crippen LogP contribution in [0.4, 0.5) is 0 Å². The second kappa shape index (κ2) is 1.80. The van der Waals surface area contributed by atoms with Gasteiger partial charge in [0.1, 0.15) is 5.66 Å². The molecule has 1 aliphatic heterocycles. The Bertz CT molecular complexity index is 144. The van der Waals surface area contributed by atoms with Crippen molar-refractivity contribution in [2.45, 2.75) is 19.5 Å². The van der Waals surface area contributed by atoms with Crippen LogP contribution in [0.5, 0.6) is 0 Å². The molecule has 0 radical (unpaired) electrons. The Morgan fingerprint density at radius 2 is 2.22 bits per heavy atom. The smallest absolute Gasteiger partial charge is 0.199 e. The fourth-order valence-corrected chi connectivity index (χ4v) is 0.860. The van der Waals surface area contributed by atoms with Crippen LogP contribution >= 0.6 is 12.2 Å². The first-order valence-corrected chi connectivity index (χ1v) is 3.07. The third-order valence-corrected chi connectivity index (χ3v) is 1.60. The molecule has 1 aliphatic rings. The molecule has 9 heavy (non-hydrogen) atoms. The van der Waals surface area contributed by atoms with Crippen molar-refractivity contribution < 1.29 is 0 Å². The maximum absolute atomic E-state index is 5.52. The maximum Gasteiger partial charge on any atom is 0.199 e. The quantitative estimate of drug-likeness (QED) is 0.311. The Morgan fingerprint density at radius 1 is 1.67 bits per heavy atom. The van der Waals surface area contributed by atoms with E-state index in [2.05, 4.69) is 10.9 Å². The number of hydrazine groups is 2. The van der Waals surface area contributed by atoms with E-state index >= 15 is 0 Å². The molecule has 0 aromatic rings. The summed E-state index contributed by atoms with van der Waals surface area (Å²) in [6, 6.07) is 0. The van der Waals surface area contributed by atoms with Gasteiger partial charge in [-0.3, -0.25) is 10.4 Å². The van der Waals surface area contributed by atoms with Gasteiger partial charge in [-0.25, -0.2) is 11.3 Å². The van der Waals surface area contributed by atoms with Gasteiger partial charge in [-0.15, -0.1) is 0 Å². The predicted molar refractivity (Wildman–Crippen MR) is 39.0 cm³/mol. The lowest BCUT2D eigenvalue weighted by Crippen LogP contribution is -2.50. The minimum Gasteiger partial charge on any atom is -0.295 e. The molecule has 4 N–H and O–H groups in total. The summed E-state index contributed by atoms with van der Waals surface area (Å²) in [6.07, 6.45) is 0. The Balaban J connectivity index is 2.73. The number of hydrogen-bond donors (Lipinski definition) is 3. The van der Waals surface area contributed by atoms with Gasteiger partial charge in [0.05, 0.1) is 0 Å². The van der Waals surface area contributed by atoms with E-state index in [1.54, 1.807) is 0 Å². The second-order valence-corrected chi connectivity index (χ2v) is 2.87. The van der Waals surface area contributed by atoms with Crippen molar-refractivity contribution in [3.8, 4) is 0 Å². The highest BCUT2D eigenvalue weighted by atomic mass is 32.1. The van der Waals surface area contributed by atoms with E-state index in [-0.39, 0.29) is 5.66 Å². The Hall–Kier alpha value is -0.390. The van der Waals surface area contributed by atoms with Crippen LogP contribution in [0.2, 0.25) is 0 Å². The molecule has 0 unspecified atom stereocenters. The molecule has 1 rings (SSSR count). The van der Waals surface area contributed by atoms with Crippen LogP contribution in [0, 0.1) is 0 Å². The molecule has 4 nitrogen and oxygen atoms in total. The van der Waals surface area contributed by atoms with Gasteiger partial charge in [0.2, 0.25) is 0 Å². The number of nitrogens with zero attached hydrogens (tertiary/aromatic N) is 1. The van der Waals surface area contributed by atoms with E-state index in [9.17, 15) is 0 Å². The lowest BCUT2D eigenvalue weighted by atomic mass is 10.3. The number of rotatable bonds is 0. The summed E-state index contributed by atoms with van der Waals surface area (Å²) in [5.41, 5.74) is 5.38. The molecular weight excluding hydrogens is 136 g/mol.